The van der Waals surface area contributed by atoms with Gasteiger partial charge in [-0.25, -0.2) is 4.98 Å². The van der Waals surface area contributed by atoms with Gasteiger partial charge in [-0.05, 0) is 24.6 Å². The number of rotatable bonds is 4. The Morgan fingerprint density at radius 2 is 2.00 bits per heavy atom. The molecule has 27 heavy (non-hydrogen) atoms. The van der Waals surface area contributed by atoms with Crippen LogP contribution < -0.4 is 15.1 Å². The quantitative estimate of drug-likeness (QED) is 0.398. The number of benzene rings is 1. The van der Waals surface area contributed by atoms with E-state index in [0.717, 1.165) is 43.0 Å². The molecule has 1 aliphatic heterocycles. The number of piperazine rings is 1. The van der Waals surface area contributed by atoms with E-state index < -0.39 is 0 Å². The van der Waals surface area contributed by atoms with Gasteiger partial charge in [-0.15, -0.1) is 35.3 Å². The molecule has 6 nitrogen and oxygen atoms in total. The number of anilines is 2. The van der Waals surface area contributed by atoms with E-state index in [4.69, 9.17) is 0 Å². The summed E-state index contributed by atoms with van der Waals surface area (Å²) in [5.74, 6) is 0.952. The third-order valence-corrected chi connectivity index (χ3v) is 5.56. The van der Waals surface area contributed by atoms with Crippen LogP contribution in [0, 0.1) is 6.92 Å². The minimum atomic E-state index is 0. The number of halogens is 1. The van der Waals surface area contributed by atoms with Crippen molar-refractivity contribution in [3.05, 3.63) is 40.9 Å². The summed E-state index contributed by atoms with van der Waals surface area (Å²) in [6.45, 7) is 6.79. The predicted molar refractivity (Wildman–Crippen MR) is 127 cm³/mol. The van der Waals surface area contributed by atoms with Gasteiger partial charge in [0.25, 0.3) is 0 Å². The van der Waals surface area contributed by atoms with E-state index in [1.54, 1.807) is 11.3 Å². The van der Waals surface area contributed by atoms with Crippen LogP contribution in [-0.2, 0) is 6.54 Å². The van der Waals surface area contributed by atoms with Gasteiger partial charge in [-0.1, -0.05) is 12.1 Å². The largest absolute Gasteiger partial charge is 0.368 e. The van der Waals surface area contributed by atoms with Crippen LogP contribution in [0.15, 0.2) is 34.6 Å². The lowest BCUT2D eigenvalue weighted by molar-refractivity contribution is 0.372. The van der Waals surface area contributed by atoms with Crippen LogP contribution in [0.5, 0.6) is 0 Å². The number of aryl methyl sites for hydroxylation is 1. The molecule has 2 aromatic rings. The molecule has 3 rings (SSSR count). The summed E-state index contributed by atoms with van der Waals surface area (Å²) in [6.07, 6.45) is 0. The van der Waals surface area contributed by atoms with Gasteiger partial charge in [0.05, 0.1) is 12.2 Å². The van der Waals surface area contributed by atoms with Crippen molar-refractivity contribution in [3.8, 4) is 0 Å². The van der Waals surface area contributed by atoms with E-state index in [1.165, 1.54) is 11.3 Å². The molecule has 2 heterocycles. The molecule has 0 bridgehead atoms. The van der Waals surface area contributed by atoms with Gasteiger partial charge in [0.2, 0.25) is 0 Å². The van der Waals surface area contributed by atoms with Crippen molar-refractivity contribution in [2.45, 2.75) is 13.5 Å². The summed E-state index contributed by atoms with van der Waals surface area (Å²) in [6, 6.07) is 8.73. The zero-order chi connectivity index (χ0) is 18.5. The lowest BCUT2D eigenvalue weighted by atomic mass is 10.2. The van der Waals surface area contributed by atoms with Crippen LogP contribution in [0.1, 0.15) is 11.3 Å². The molecule has 8 heteroatoms. The average molecular weight is 500 g/mol. The van der Waals surface area contributed by atoms with Gasteiger partial charge in [-0.3, -0.25) is 4.99 Å². The highest BCUT2D eigenvalue weighted by molar-refractivity contribution is 14.0. The van der Waals surface area contributed by atoms with E-state index in [0.29, 0.717) is 6.54 Å². The third-order valence-electron chi connectivity index (χ3n) is 4.51. The highest BCUT2D eigenvalue weighted by Gasteiger charge is 2.20. The van der Waals surface area contributed by atoms with E-state index in [9.17, 15) is 0 Å². The number of hydrogen-bond donors (Lipinski definition) is 1. The number of aliphatic imine (C=N–C) groups is 1. The summed E-state index contributed by atoms with van der Waals surface area (Å²) in [7, 11) is 5.88. The Kier molecular flexibility index (Phi) is 8.15. The summed E-state index contributed by atoms with van der Waals surface area (Å²) >= 11 is 1.67. The summed E-state index contributed by atoms with van der Waals surface area (Å²) in [5, 5.41) is 6.59. The van der Waals surface area contributed by atoms with Crippen LogP contribution >= 0.6 is 35.3 Å². The second-order valence-corrected chi connectivity index (χ2v) is 7.57. The molecule has 0 aliphatic carbocycles. The Hall–Kier alpha value is -1.55. The van der Waals surface area contributed by atoms with Crippen molar-refractivity contribution in [2.24, 2.45) is 4.99 Å². The molecule has 1 N–H and O–H groups in total. The maximum Gasteiger partial charge on any atom is 0.194 e. The first-order valence-electron chi connectivity index (χ1n) is 8.96. The minimum absolute atomic E-state index is 0. The molecule has 1 saturated heterocycles. The van der Waals surface area contributed by atoms with Crippen molar-refractivity contribution >= 4 is 52.1 Å². The van der Waals surface area contributed by atoms with E-state index in [-0.39, 0.29) is 24.0 Å². The summed E-state index contributed by atoms with van der Waals surface area (Å²) < 4.78 is 0. The zero-order valence-electron chi connectivity index (χ0n) is 16.5. The molecule has 0 saturated carbocycles. The van der Waals surface area contributed by atoms with Gasteiger partial charge in [0.1, 0.15) is 0 Å². The van der Waals surface area contributed by atoms with Crippen molar-refractivity contribution < 1.29 is 0 Å². The fraction of sp³-hybridized carbons (Fsp3) is 0.474. The van der Waals surface area contributed by atoms with Crippen molar-refractivity contribution in [2.75, 3.05) is 57.1 Å². The Morgan fingerprint density at radius 1 is 1.26 bits per heavy atom. The highest BCUT2D eigenvalue weighted by atomic mass is 127. The monoisotopic (exact) mass is 500 g/mol. The molecule has 1 fully saturated rings. The topological polar surface area (TPSA) is 47.0 Å². The van der Waals surface area contributed by atoms with Gasteiger partial charge < -0.3 is 20.0 Å². The highest BCUT2D eigenvalue weighted by Crippen LogP contribution is 2.19. The SMILES string of the molecule is CN=C(NCc1csc(N(C)C)n1)N1CCN(c2cccc(C)c2)CC1.I. The standard InChI is InChI=1S/C19H28N6S.HI/c1-15-6-5-7-17(12-15)24-8-10-25(11-9-24)18(20-2)21-13-16-14-26-19(22-16)23(3)4;/h5-7,12,14H,8-11,13H2,1-4H3,(H,20,21);1H. The number of nitrogens with one attached hydrogen (secondary N) is 1. The van der Waals surface area contributed by atoms with Crippen LogP contribution in [0.4, 0.5) is 10.8 Å². The fourth-order valence-electron chi connectivity index (χ4n) is 3.09. The second kappa shape index (κ2) is 10.1. The van der Waals surface area contributed by atoms with Gasteiger partial charge >= 0.3 is 0 Å². The van der Waals surface area contributed by atoms with E-state index >= 15 is 0 Å². The molecule has 1 aliphatic rings. The maximum absolute atomic E-state index is 4.62. The normalized spacial score (nSPS) is 14.7. The molecule has 0 radical (unpaired) electrons. The fourth-order valence-corrected chi connectivity index (χ4v) is 3.84. The Labute approximate surface area is 183 Å². The molecule has 148 valence electrons. The van der Waals surface area contributed by atoms with Crippen molar-refractivity contribution in [3.63, 3.8) is 0 Å². The molecule has 1 aromatic heterocycles. The molecule has 0 unspecified atom stereocenters. The lowest BCUT2D eigenvalue weighted by Crippen LogP contribution is -2.52. The van der Waals surface area contributed by atoms with Gasteiger partial charge in [-0.2, -0.15) is 0 Å². The first-order valence-corrected chi connectivity index (χ1v) is 9.83. The summed E-state index contributed by atoms with van der Waals surface area (Å²) in [5.41, 5.74) is 3.67. The second-order valence-electron chi connectivity index (χ2n) is 6.73. The Bertz CT molecular complexity index is 752. The molecule has 0 amide bonds. The third kappa shape index (κ3) is 5.71. The maximum atomic E-state index is 4.62. The number of guanidine groups is 1. The van der Waals surface area contributed by atoms with E-state index in [1.807, 2.05) is 26.0 Å². The van der Waals surface area contributed by atoms with Crippen LogP contribution in [0.3, 0.4) is 0 Å². The average Bonchev–Trinajstić information content (AvgIpc) is 3.12. The molecule has 1 aromatic carbocycles. The Morgan fingerprint density at radius 3 is 2.59 bits per heavy atom. The predicted octanol–water partition coefficient (Wildman–Crippen LogP) is 3.03. The van der Waals surface area contributed by atoms with E-state index in [2.05, 4.69) is 61.7 Å². The Balaban J connectivity index is 0.00000261. The number of thiazole rings is 1. The summed E-state index contributed by atoms with van der Waals surface area (Å²) in [4.78, 5) is 15.9. The first kappa shape index (κ1) is 21.7. The van der Waals surface area contributed by atoms with Gasteiger partial charge in [0, 0.05) is 58.4 Å². The van der Waals surface area contributed by atoms with Crippen molar-refractivity contribution in [1.29, 1.82) is 0 Å². The van der Waals surface area contributed by atoms with Crippen LogP contribution in [-0.4, -0.2) is 63.2 Å². The number of aromatic nitrogens is 1. The smallest absolute Gasteiger partial charge is 0.194 e. The number of nitrogens with zero attached hydrogens (tertiary/aromatic N) is 5. The lowest BCUT2D eigenvalue weighted by Gasteiger charge is -2.37. The molecular formula is C19H29IN6S. The first-order chi connectivity index (χ1) is 12.6. The molecule has 0 atom stereocenters. The molecule has 0 spiro atoms. The zero-order valence-corrected chi connectivity index (χ0v) is 19.6. The number of hydrogen-bond acceptors (Lipinski definition) is 5. The van der Waals surface area contributed by atoms with Crippen LogP contribution in [0.2, 0.25) is 0 Å². The minimum Gasteiger partial charge on any atom is -0.368 e. The van der Waals surface area contributed by atoms with Crippen LogP contribution in [0.25, 0.3) is 0 Å². The van der Waals surface area contributed by atoms with Gasteiger partial charge in [0.15, 0.2) is 11.1 Å². The molecular weight excluding hydrogens is 471 g/mol. The van der Waals surface area contributed by atoms with Crippen molar-refractivity contribution in [1.82, 2.24) is 15.2 Å².